The van der Waals surface area contributed by atoms with E-state index in [2.05, 4.69) is 5.32 Å². The zero-order chi connectivity index (χ0) is 23.5. The number of anilines is 1. The van der Waals surface area contributed by atoms with Crippen molar-refractivity contribution in [1.29, 1.82) is 0 Å². The van der Waals surface area contributed by atoms with Crippen molar-refractivity contribution in [3.05, 3.63) is 105 Å². The minimum absolute atomic E-state index is 0.00966. The van der Waals surface area contributed by atoms with Crippen molar-refractivity contribution in [2.75, 3.05) is 5.32 Å². The lowest BCUT2D eigenvalue weighted by atomic mass is 10.2. The molecule has 6 nitrogen and oxygen atoms in total. The summed E-state index contributed by atoms with van der Waals surface area (Å²) in [5, 5.41) is 3.29. The Hall–Kier alpha value is -3.61. The van der Waals surface area contributed by atoms with Gasteiger partial charge in [-0.25, -0.2) is 4.79 Å². The molecule has 0 unspecified atom stereocenters. The first-order valence-electron chi connectivity index (χ1n) is 9.99. The molecule has 0 spiro atoms. The third-order valence-corrected chi connectivity index (χ3v) is 5.80. The van der Waals surface area contributed by atoms with Gasteiger partial charge < -0.3 is 10.1 Å². The highest BCUT2D eigenvalue weighted by molar-refractivity contribution is 6.48. The summed E-state index contributed by atoms with van der Waals surface area (Å²) in [6, 6.07) is 20.4. The van der Waals surface area contributed by atoms with Crippen LogP contribution in [0.15, 0.2) is 83.5 Å². The lowest BCUT2D eigenvalue weighted by Crippen LogP contribution is -2.31. The SMILES string of the molecule is Cc1cc(OC(=O)c2ccc(NC3=C(Cl)C(=O)N(Cc4ccccc4)C3=O)cc2)ccc1Cl. The van der Waals surface area contributed by atoms with E-state index in [0.717, 1.165) is 16.0 Å². The summed E-state index contributed by atoms with van der Waals surface area (Å²) in [6.07, 6.45) is 0. The number of hydrogen-bond donors (Lipinski definition) is 1. The molecule has 1 aliphatic heterocycles. The quantitative estimate of drug-likeness (QED) is 0.294. The van der Waals surface area contributed by atoms with Gasteiger partial charge in [-0.2, -0.15) is 0 Å². The Morgan fingerprint density at radius 1 is 0.939 bits per heavy atom. The summed E-state index contributed by atoms with van der Waals surface area (Å²) in [5.41, 5.74) is 2.40. The van der Waals surface area contributed by atoms with E-state index < -0.39 is 17.8 Å². The molecule has 8 heteroatoms. The van der Waals surface area contributed by atoms with Crippen molar-refractivity contribution in [1.82, 2.24) is 4.90 Å². The maximum Gasteiger partial charge on any atom is 0.343 e. The van der Waals surface area contributed by atoms with Gasteiger partial charge in [0.2, 0.25) is 0 Å². The van der Waals surface area contributed by atoms with Gasteiger partial charge in [-0.15, -0.1) is 0 Å². The fourth-order valence-electron chi connectivity index (χ4n) is 3.25. The number of nitrogens with zero attached hydrogens (tertiary/aromatic N) is 1. The van der Waals surface area contributed by atoms with Gasteiger partial charge in [0, 0.05) is 10.7 Å². The first-order chi connectivity index (χ1) is 15.8. The number of hydrogen-bond acceptors (Lipinski definition) is 5. The van der Waals surface area contributed by atoms with Gasteiger partial charge in [-0.3, -0.25) is 14.5 Å². The van der Waals surface area contributed by atoms with Crippen LogP contribution in [0.1, 0.15) is 21.5 Å². The number of amides is 2. The second-order valence-corrected chi connectivity index (χ2v) is 8.16. The number of esters is 1. The largest absolute Gasteiger partial charge is 0.423 e. The van der Waals surface area contributed by atoms with E-state index in [4.69, 9.17) is 27.9 Å². The maximum absolute atomic E-state index is 12.8. The second-order valence-electron chi connectivity index (χ2n) is 7.37. The summed E-state index contributed by atoms with van der Waals surface area (Å²) >= 11 is 12.1. The van der Waals surface area contributed by atoms with Crippen molar-refractivity contribution in [3.63, 3.8) is 0 Å². The van der Waals surface area contributed by atoms with E-state index in [0.29, 0.717) is 22.0 Å². The number of rotatable bonds is 6. The number of aryl methyl sites for hydroxylation is 1. The predicted octanol–water partition coefficient (Wildman–Crippen LogP) is 5.30. The molecule has 0 saturated carbocycles. The lowest BCUT2D eigenvalue weighted by Gasteiger charge is -2.15. The number of carbonyl (C=O) groups is 3. The number of benzene rings is 3. The van der Waals surface area contributed by atoms with Gasteiger partial charge >= 0.3 is 5.97 Å². The van der Waals surface area contributed by atoms with Crippen molar-refractivity contribution >= 4 is 46.7 Å². The van der Waals surface area contributed by atoms with Crippen LogP contribution in [0.4, 0.5) is 5.69 Å². The Balaban J connectivity index is 1.43. The van der Waals surface area contributed by atoms with Crippen molar-refractivity contribution in [2.45, 2.75) is 13.5 Å². The lowest BCUT2D eigenvalue weighted by molar-refractivity contribution is -0.138. The summed E-state index contributed by atoms with van der Waals surface area (Å²) in [7, 11) is 0. The Labute approximate surface area is 200 Å². The molecule has 2 amide bonds. The highest BCUT2D eigenvalue weighted by atomic mass is 35.5. The smallest absolute Gasteiger partial charge is 0.343 e. The highest BCUT2D eigenvalue weighted by Crippen LogP contribution is 2.27. The molecule has 0 fully saturated rings. The number of nitrogens with one attached hydrogen (secondary N) is 1. The first-order valence-corrected chi connectivity index (χ1v) is 10.7. The molecule has 0 aliphatic carbocycles. The Kier molecular flexibility index (Phi) is 6.49. The molecule has 1 N–H and O–H groups in total. The minimum Gasteiger partial charge on any atom is -0.423 e. The van der Waals surface area contributed by atoms with E-state index >= 15 is 0 Å². The fraction of sp³-hybridized carbons (Fsp3) is 0.0800. The molecule has 1 aliphatic rings. The van der Waals surface area contributed by atoms with E-state index in [1.807, 2.05) is 37.3 Å². The minimum atomic E-state index is -0.563. The normalized spacial score (nSPS) is 13.5. The molecule has 0 radical (unpaired) electrons. The van der Waals surface area contributed by atoms with Crippen LogP contribution in [-0.4, -0.2) is 22.7 Å². The van der Waals surface area contributed by atoms with Crippen molar-refractivity contribution < 1.29 is 19.1 Å². The average Bonchev–Trinajstić information content (AvgIpc) is 3.01. The van der Waals surface area contributed by atoms with Crippen molar-refractivity contribution in [3.8, 4) is 5.75 Å². The van der Waals surface area contributed by atoms with Crippen LogP contribution in [-0.2, 0) is 16.1 Å². The molecule has 3 aromatic carbocycles. The van der Waals surface area contributed by atoms with E-state index in [1.54, 1.807) is 42.5 Å². The second kappa shape index (κ2) is 9.48. The van der Waals surface area contributed by atoms with Crippen LogP contribution in [0.25, 0.3) is 0 Å². The summed E-state index contributed by atoms with van der Waals surface area (Å²) in [4.78, 5) is 38.8. The van der Waals surface area contributed by atoms with Crippen molar-refractivity contribution in [2.24, 2.45) is 0 Å². The first kappa shape index (κ1) is 22.6. The average molecular weight is 481 g/mol. The van der Waals surface area contributed by atoms with Crippen LogP contribution in [0.2, 0.25) is 5.02 Å². The molecule has 166 valence electrons. The zero-order valence-corrected chi connectivity index (χ0v) is 19.0. The van der Waals surface area contributed by atoms with Gasteiger partial charge in [-0.1, -0.05) is 53.5 Å². The van der Waals surface area contributed by atoms with E-state index in [-0.39, 0.29) is 17.3 Å². The highest BCUT2D eigenvalue weighted by Gasteiger charge is 2.37. The van der Waals surface area contributed by atoms with Gasteiger partial charge in [0.05, 0.1) is 12.1 Å². The van der Waals surface area contributed by atoms with Crippen LogP contribution in [0, 0.1) is 6.92 Å². The van der Waals surface area contributed by atoms with Gasteiger partial charge in [0.1, 0.15) is 16.5 Å². The van der Waals surface area contributed by atoms with Gasteiger partial charge in [0.25, 0.3) is 11.8 Å². The molecule has 3 aromatic rings. The number of ether oxygens (including phenoxy) is 1. The monoisotopic (exact) mass is 480 g/mol. The summed E-state index contributed by atoms with van der Waals surface area (Å²) < 4.78 is 5.37. The van der Waals surface area contributed by atoms with Crippen LogP contribution in [0.3, 0.4) is 0 Å². The molecule has 0 bridgehead atoms. The van der Waals surface area contributed by atoms with E-state index in [9.17, 15) is 14.4 Å². The zero-order valence-electron chi connectivity index (χ0n) is 17.5. The van der Waals surface area contributed by atoms with Crippen LogP contribution >= 0.6 is 23.2 Å². The predicted molar refractivity (Wildman–Crippen MR) is 126 cm³/mol. The Morgan fingerprint density at radius 3 is 2.30 bits per heavy atom. The summed E-state index contributed by atoms with van der Waals surface area (Å²) in [6.45, 7) is 1.94. The third kappa shape index (κ3) is 4.92. The van der Waals surface area contributed by atoms with Gasteiger partial charge in [-0.05, 0) is 60.5 Å². The molecular formula is C25H18Cl2N2O4. The van der Waals surface area contributed by atoms with Crippen LogP contribution < -0.4 is 10.1 Å². The molecule has 1 heterocycles. The number of carbonyl (C=O) groups excluding carboxylic acids is 3. The molecular weight excluding hydrogens is 463 g/mol. The van der Waals surface area contributed by atoms with Gasteiger partial charge in [0.15, 0.2) is 0 Å². The Morgan fingerprint density at radius 2 is 1.64 bits per heavy atom. The molecule has 33 heavy (non-hydrogen) atoms. The standard InChI is InChI=1S/C25H18Cl2N2O4/c1-15-13-19(11-12-20(15)26)33-25(32)17-7-9-18(10-8-17)28-22-21(27)23(30)29(24(22)31)14-16-5-3-2-4-6-16/h2-13,28H,14H2,1H3. The third-order valence-electron chi connectivity index (χ3n) is 5.02. The molecule has 0 atom stereocenters. The molecule has 0 saturated heterocycles. The molecule has 4 rings (SSSR count). The molecule has 0 aromatic heterocycles. The fourth-order valence-corrected chi connectivity index (χ4v) is 3.59. The number of imide groups is 1. The van der Waals surface area contributed by atoms with E-state index in [1.165, 1.54) is 0 Å². The topological polar surface area (TPSA) is 75.7 Å². The Bertz CT molecular complexity index is 1270. The summed E-state index contributed by atoms with van der Waals surface area (Å²) in [5.74, 6) is -1.24. The number of halogens is 2. The van der Waals surface area contributed by atoms with Crippen LogP contribution in [0.5, 0.6) is 5.75 Å². The maximum atomic E-state index is 12.8.